The van der Waals surface area contributed by atoms with Gasteiger partial charge < -0.3 is 25.0 Å². The average Bonchev–Trinajstić information content (AvgIpc) is 3.70. The van der Waals surface area contributed by atoms with E-state index in [-0.39, 0.29) is 56.6 Å². The van der Waals surface area contributed by atoms with Crippen molar-refractivity contribution < 1.29 is 22.6 Å². The molecule has 2 aliphatic heterocycles. The number of fused-ring (bicyclic) bond motifs is 2. The van der Waals surface area contributed by atoms with E-state index in [1.54, 1.807) is 0 Å². The zero-order valence-corrected chi connectivity index (χ0v) is 29.4. The van der Waals surface area contributed by atoms with E-state index in [2.05, 4.69) is 47.7 Å². The zero-order chi connectivity index (χ0) is 34.8. The molecule has 262 valence electrons. The molecular weight excluding hydrogens is 654 g/mol. The SMILES string of the molecule is C[C@@H]1CN(CC2(COc3nc(N(C)CC4(N(C)C)CCC4)c4cnc(C5=CC(F)=C(F)C6SC(N)=C(C#N)C56)c(F)c4n3)CC2)C[C@@H](C)O1. The summed E-state index contributed by atoms with van der Waals surface area (Å²) >= 11 is 0.857. The summed E-state index contributed by atoms with van der Waals surface area (Å²) in [6.45, 7) is 7.76. The molecule has 7 rings (SSSR count). The molecule has 3 aliphatic carbocycles. The maximum absolute atomic E-state index is 16.8. The predicted octanol–water partition coefficient (Wildman–Crippen LogP) is 5.33. The Kier molecular flexibility index (Phi) is 8.87. The van der Waals surface area contributed by atoms with Crippen LogP contribution in [0, 0.1) is 28.5 Å². The van der Waals surface area contributed by atoms with Crippen LogP contribution < -0.4 is 15.4 Å². The standard InChI is InChI=1S/C35H43F3N8O2S/c1-19-14-46(15-20(2)48-19)16-34(9-10-34)18-47-33-42-29-23(32(43-33)45(5)17-35(44(3)4)7-6-8-35)13-41-28(27(29)38)21-11-24(36)26(37)30-25(21)22(12-39)31(40)49-30/h11,13,19-20,25,30H,6-10,14-18,40H2,1-5H3/t19-,20-,25?,30?/m1/s1. The fourth-order valence-electron chi connectivity index (χ4n) is 7.92. The number of hydrogen-bond donors (Lipinski definition) is 1. The highest BCUT2D eigenvalue weighted by molar-refractivity contribution is 8.04. The van der Waals surface area contributed by atoms with Crippen molar-refractivity contribution in [3.8, 4) is 12.1 Å². The Morgan fingerprint density at radius 3 is 2.45 bits per heavy atom. The largest absolute Gasteiger partial charge is 0.463 e. The first-order chi connectivity index (χ1) is 23.3. The number of halogens is 3. The molecule has 1 saturated heterocycles. The van der Waals surface area contributed by atoms with E-state index >= 15 is 4.39 Å². The van der Waals surface area contributed by atoms with Crippen molar-refractivity contribution in [1.82, 2.24) is 24.8 Å². The van der Waals surface area contributed by atoms with Crippen LogP contribution >= 0.6 is 11.8 Å². The Balaban J connectivity index is 1.26. The van der Waals surface area contributed by atoms with Crippen LogP contribution in [0.25, 0.3) is 16.5 Å². The lowest BCUT2D eigenvalue weighted by molar-refractivity contribution is -0.0741. The molecule has 0 spiro atoms. The lowest BCUT2D eigenvalue weighted by atomic mass is 9.75. The second-order valence-electron chi connectivity index (χ2n) is 14.8. The van der Waals surface area contributed by atoms with E-state index in [9.17, 15) is 14.0 Å². The number of hydrogen-bond acceptors (Lipinski definition) is 11. The number of allylic oxidation sites excluding steroid dienone is 4. The van der Waals surface area contributed by atoms with Crippen LogP contribution in [0.2, 0.25) is 0 Å². The molecule has 2 aromatic heterocycles. The minimum absolute atomic E-state index is 0.0377. The number of pyridine rings is 1. The number of likely N-dealkylation sites (N-methyl/N-ethyl adjacent to an activating group) is 2. The number of nitrogens with zero attached hydrogens (tertiary/aromatic N) is 7. The topological polar surface area (TPSA) is 117 Å². The smallest absolute Gasteiger partial charge is 0.319 e. The van der Waals surface area contributed by atoms with Crippen molar-refractivity contribution in [2.45, 2.75) is 68.9 Å². The van der Waals surface area contributed by atoms with Crippen molar-refractivity contribution in [2.75, 3.05) is 58.8 Å². The van der Waals surface area contributed by atoms with Crippen LogP contribution in [0.4, 0.5) is 19.0 Å². The Hall–Kier alpha value is -3.38. The van der Waals surface area contributed by atoms with E-state index in [4.69, 9.17) is 20.2 Å². The summed E-state index contributed by atoms with van der Waals surface area (Å²) in [6.07, 6.45) is 7.88. The van der Waals surface area contributed by atoms with Gasteiger partial charge in [-0.15, -0.1) is 0 Å². The number of anilines is 1. The number of aromatic nitrogens is 3. The van der Waals surface area contributed by atoms with Gasteiger partial charge in [0.25, 0.3) is 0 Å². The van der Waals surface area contributed by atoms with Crippen LogP contribution in [-0.2, 0) is 4.74 Å². The molecule has 0 aromatic carbocycles. The average molecular weight is 697 g/mol. The highest BCUT2D eigenvalue weighted by Gasteiger charge is 2.47. The summed E-state index contributed by atoms with van der Waals surface area (Å²) in [5, 5.41) is 9.19. The van der Waals surface area contributed by atoms with Crippen molar-refractivity contribution in [3.05, 3.63) is 46.0 Å². The molecule has 2 N–H and O–H groups in total. The van der Waals surface area contributed by atoms with Crippen molar-refractivity contribution in [1.29, 1.82) is 5.26 Å². The predicted molar refractivity (Wildman–Crippen MR) is 183 cm³/mol. The van der Waals surface area contributed by atoms with Crippen molar-refractivity contribution in [2.24, 2.45) is 17.1 Å². The third-order valence-electron chi connectivity index (χ3n) is 10.9. The monoisotopic (exact) mass is 696 g/mol. The molecule has 14 heteroatoms. The molecule has 2 aromatic rings. The van der Waals surface area contributed by atoms with Crippen LogP contribution in [-0.4, -0.2) is 102 Å². The summed E-state index contributed by atoms with van der Waals surface area (Å²) in [6, 6.07) is 2.06. The van der Waals surface area contributed by atoms with Gasteiger partial charge >= 0.3 is 6.01 Å². The van der Waals surface area contributed by atoms with Gasteiger partial charge in [-0.05, 0) is 71.7 Å². The van der Waals surface area contributed by atoms with Crippen molar-refractivity contribution in [3.63, 3.8) is 0 Å². The molecule has 49 heavy (non-hydrogen) atoms. The summed E-state index contributed by atoms with van der Waals surface area (Å²) in [4.78, 5) is 20.5. The maximum atomic E-state index is 16.8. The van der Waals surface area contributed by atoms with Crippen LogP contribution in [0.1, 0.15) is 51.6 Å². The Morgan fingerprint density at radius 1 is 1.12 bits per heavy atom. The number of morpholine rings is 1. The molecule has 3 fully saturated rings. The van der Waals surface area contributed by atoms with Crippen molar-refractivity contribution >= 4 is 34.1 Å². The van der Waals surface area contributed by atoms with Gasteiger partial charge in [0.05, 0.1) is 46.1 Å². The third-order valence-corrected chi connectivity index (χ3v) is 12.1. The second kappa shape index (κ2) is 12.7. The summed E-state index contributed by atoms with van der Waals surface area (Å²) in [5.41, 5.74) is 5.77. The molecule has 0 amide bonds. The highest BCUT2D eigenvalue weighted by atomic mass is 32.2. The van der Waals surface area contributed by atoms with E-state index in [1.807, 2.05) is 18.0 Å². The van der Waals surface area contributed by atoms with Gasteiger partial charge in [-0.25, -0.2) is 13.2 Å². The lowest BCUT2D eigenvalue weighted by Crippen LogP contribution is -2.56. The van der Waals surface area contributed by atoms with Gasteiger partial charge in [-0.2, -0.15) is 15.2 Å². The molecule has 4 atom stereocenters. The first kappa shape index (κ1) is 34.1. The normalized spacial score (nSPS) is 27.6. The van der Waals surface area contributed by atoms with Crippen LogP contribution in [0.15, 0.2) is 34.5 Å². The van der Waals surface area contributed by atoms with E-state index < -0.39 is 28.6 Å². The molecule has 2 saturated carbocycles. The Morgan fingerprint density at radius 2 is 1.84 bits per heavy atom. The van der Waals surface area contributed by atoms with Crippen LogP contribution in [0.3, 0.4) is 0 Å². The second-order valence-corrected chi connectivity index (χ2v) is 16.0. The van der Waals surface area contributed by atoms with Gasteiger partial charge in [0, 0.05) is 56.3 Å². The zero-order valence-electron chi connectivity index (χ0n) is 28.6. The Bertz CT molecular complexity index is 1790. The highest BCUT2D eigenvalue weighted by Crippen LogP contribution is 2.53. The quantitative estimate of drug-likeness (QED) is 0.348. The van der Waals surface area contributed by atoms with Crippen LogP contribution in [0.5, 0.6) is 6.01 Å². The fourth-order valence-corrected chi connectivity index (χ4v) is 9.13. The molecule has 4 heterocycles. The number of ether oxygens (including phenoxy) is 2. The summed E-state index contributed by atoms with van der Waals surface area (Å²) in [5.74, 6) is -3.52. The fraction of sp³-hybridized carbons (Fsp3) is 0.600. The van der Waals surface area contributed by atoms with E-state index in [0.29, 0.717) is 24.4 Å². The molecule has 10 nitrogen and oxygen atoms in total. The maximum Gasteiger partial charge on any atom is 0.319 e. The lowest BCUT2D eigenvalue weighted by Gasteiger charge is -2.49. The Labute approximate surface area is 289 Å². The van der Waals surface area contributed by atoms with Gasteiger partial charge in [0.1, 0.15) is 22.9 Å². The molecule has 0 bridgehead atoms. The number of rotatable bonds is 10. The first-order valence-corrected chi connectivity index (χ1v) is 17.8. The molecule has 2 unspecified atom stereocenters. The minimum Gasteiger partial charge on any atom is -0.463 e. The third kappa shape index (κ3) is 6.17. The number of thioether (sulfide) groups is 1. The van der Waals surface area contributed by atoms with E-state index in [1.165, 1.54) is 6.20 Å². The summed E-state index contributed by atoms with van der Waals surface area (Å²) in [7, 11) is 6.05. The summed E-state index contributed by atoms with van der Waals surface area (Å²) < 4.78 is 59.0. The molecule has 5 aliphatic rings. The number of nitriles is 1. The van der Waals surface area contributed by atoms with Gasteiger partial charge in [0.15, 0.2) is 11.6 Å². The number of nitrogens with two attached hydrogens (primary N) is 1. The van der Waals surface area contributed by atoms with E-state index in [0.717, 1.165) is 69.6 Å². The van der Waals surface area contributed by atoms with Gasteiger partial charge in [-0.3, -0.25) is 9.88 Å². The molecular formula is C35H43F3N8O2S. The first-order valence-electron chi connectivity index (χ1n) is 16.9. The van der Waals surface area contributed by atoms with Gasteiger partial charge in [0.2, 0.25) is 0 Å². The molecule has 0 radical (unpaired) electrons. The van der Waals surface area contributed by atoms with Gasteiger partial charge in [-0.1, -0.05) is 11.8 Å². The minimum atomic E-state index is -1.14.